The maximum atomic E-state index is 13.7. The van der Waals surface area contributed by atoms with Crippen molar-refractivity contribution in [2.24, 2.45) is 0 Å². The quantitative estimate of drug-likeness (QED) is 0.608. The largest absolute Gasteiger partial charge is 0.367 e. The molecule has 1 aromatic rings. The molecule has 0 saturated carbocycles. The summed E-state index contributed by atoms with van der Waals surface area (Å²) in [5.74, 6) is 0.897. The molecule has 1 heterocycles. The monoisotopic (exact) mass is 296 g/mol. The van der Waals surface area contributed by atoms with Crippen molar-refractivity contribution >= 4 is 18.3 Å². The number of rotatable bonds is 7. The maximum Gasteiger partial charge on any atom is 0.146 e. The molecule has 1 saturated heterocycles. The van der Waals surface area contributed by atoms with Gasteiger partial charge in [-0.05, 0) is 37.3 Å². The standard InChI is InChI=1S/C16H25FN2S/c17-15-7-3-4-8-16(15)19-12-10-18(11-13-19)9-5-1-2-6-14-20/h3-4,7-8,20H,1-2,5-6,9-14H2. The Bertz CT molecular complexity index is 392. The number of halogens is 1. The smallest absolute Gasteiger partial charge is 0.146 e. The molecular formula is C16H25FN2S. The van der Waals surface area contributed by atoms with Gasteiger partial charge in [0.15, 0.2) is 0 Å². The van der Waals surface area contributed by atoms with E-state index in [4.69, 9.17) is 0 Å². The highest BCUT2D eigenvalue weighted by Gasteiger charge is 2.18. The Morgan fingerprint density at radius 1 is 0.950 bits per heavy atom. The summed E-state index contributed by atoms with van der Waals surface area (Å²) in [6, 6.07) is 7.08. The molecule has 4 heteroatoms. The Morgan fingerprint density at radius 2 is 1.65 bits per heavy atom. The van der Waals surface area contributed by atoms with Crippen LogP contribution < -0.4 is 4.90 Å². The predicted molar refractivity (Wildman–Crippen MR) is 87.4 cm³/mol. The number of nitrogens with zero attached hydrogens (tertiary/aromatic N) is 2. The zero-order valence-electron chi connectivity index (χ0n) is 12.1. The van der Waals surface area contributed by atoms with E-state index in [0.29, 0.717) is 0 Å². The highest BCUT2D eigenvalue weighted by Crippen LogP contribution is 2.20. The number of benzene rings is 1. The Balaban J connectivity index is 1.69. The van der Waals surface area contributed by atoms with Crippen molar-refractivity contribution in [2.45, 2.75) is 25.7 Å². The average Bonchev–Trinajstić information content (AvgIpc) is 2.48. The number of hydrogen-bond donors (Lipinski definition) is 1. The zero-order valence-corrected chi connectivity index (χ0v) is 13.0. The first-order chi connectivity index (χ1) is 9.81. The third-order valence-electron chi connectivity index (χ3n) is 3.95. The van der Waals surface area contributed by atoms with Gasteiger partial charge in [-0.15, -0.1) is 0 Å². The van der Waals surface area contributed by atoms with Crippen molar-refractivity contribution in [1.29, 1.82) is 0 Å². The summed E-state index contributed by atoms with van der Waals surface area (Å²) in [4.78, 5) is 4.66. The van der Waals surface area contributed by atoms with Gasteiger partial charge >= 0.3 is 0 Å². The second-order valence-corrected chi connectivity index (χ2v) is 5.87. The van der Waals surface area contributed by atoms with Crippen LogP contribution in [0.15, 0.2) is 24.3 Å². The minimum atomic E-state index is -0.104. The normalized spacial score (nSPS) is 16.6. The van der Waals surface area contributed by atoms with Crippen molar-refractivity contribution < 1.29 is 4.39 Å². The number of piperazine rings is 1. The van der Waals surface area contributed by atoms with Crippen LogP contribution in [0.2, 0.25) is 0 Å². The van der Waals surface area contributed by atoms with Gasteiger partial charge in [-0.1, -0.05) is 25.0 Å². The fourth-order valence-electron chi connectivity index (χ4n) is 2.72. The van der Waals surface area contributed by atoms with Crippen LogP contribution in [0.1, 0.15) is 25.7 Å². The van der Waals surface area contributed by atoms with Gasteiger partial charge in [0.05, 0.1) is 5.69 Å². The lowest BCUT2D eigenvalue weighted by Gasteiger charge is -2.36. The summed E-state index contributed by atoms with van der Waals surface area (Å²) in [5.41, 5.74) is 0.751. The van der Waals surface area contributed by atoms with Crippen molar-refractivity contribution in [3.05, 3.63) is 30.1 Å². The van der Waals surface area contributed by atoms with Gasteiger partial charge in [-0.2, -0.15) is 12.6 Å². The van der Waals surface area contributed by atoms with E-state index >= 15 is 0 Å². The highest BCUT2D eigenvalue weighted by molar-refractivity contribution is 7.80. The summed E-state index contributed by atoms with van der Waals surface area (Å²) in [6.45, 7) is 5.12. The van der Waals surface area contributed by atoms with E-state index in [2.05, 4.69) is 22.4 Å². The van der Waals surface area contributed by atoms with Crippen LogP contribution in [0.3, 0.4) is 0 Å². The first kappa shape index (κ1) is 15.6. The van der Waals surface area contributed by atoms with Crippen LogP contribution in [0.4, 0.5) is 10.1 Å². The molecule has 1 aliphatic heterocycles. The minimum Gasteiger partial charge on any atom is -0.367 e. The van der Waals surface area contributed by atoms with Crippen molar-refractivity contribution in [3.8, 4) is 0 Å². The van der Waals surface area contributed by atoms with Gasteiger partial charge < -0.3 is 4.90 Å². The Morgan fingerprint density at radius 3 is 2.35 bits per heavy atom. The van der Waals surface area contributed by atoms with Gasteiger partial charge in [0.2, 0.25) is 0 Å². The van der Waals surface area contributed by atoms with Crippen LogP contribution in [0.5, 0.6) is 0 Å². The van der Waals surface area contributed by atoms with Gasteiger partial charge in [-0.25, -0.2) is 4.39 Å². The second kappa shape index (κ2) is 8.53. The molecule has 0 amide bonds. The lowest BCUT2D eigenvalue weighted by atomic mass is 10.2. The number of thiol groups is 1. The summed E-state index contributed by atoms with van der Waals surface area (Å²) in [7, 11) is 0. The molecule has 0 aliphatic carbocycles. The van der Waals surface area contributed by atoms with Gasteiger partial charge in [0.1, 0.15) is 5.82 Å². The molecule has 1 fully saturated rings. The lowest BCUT2D eigenvalue weighted by molar-refractivity contribution is 0.251. The first-order valence-electron chi connectivity index (χ1n) is 7.64. The van der Waals surface area contributed by atoms with Crippen molar-refractivity contribution in [1.82, 2.24) is 4.90 Å². The molecule has 0 atom stereocenters. The molecule has 0 aromatic heterocycles. The van der Waals surface area contributed by atoms with Gasteiger partial charge in [0.25, 0.3) is 0 Å². The summed E-state index contributed by atoms with van der Waals surface area (Å²) >= 11 is 4.23. The van der Waals surface area contributed by atoms with Crippen molar-refractivity contribution in [2.75, 3.05) is 43.4 Å². The molecule has 0 spiro atoms. The van der Waals surface area contributed by atoms with E-state index in [1.54, 1.807) is 12.1 Å². The molecule has 20 heavy (non-hydrogen) atoms. The topological polar surface area (TPSA) is 6.48 Å². The second-order valence-electron chi connectivity index (χ2n) is 5.42. The number of anilines is 1. The molecule has 2 nitrogen and oxygen atoms in total. The molecule has 0 unspecified atom stereocenters. The average molecular weight is 296 g/mol. The van der Waals surface area contributed by atoms with Gasteiger partial charge in [-0.3, -0.25) is 4.90 Å². The van der Waals surface area contributed by atoms with E-state index in [1.807, 2.05) is 12.1 Å². The van der Waals surface area contributed by atoms with Crippen LogP contribution in [0, 0.1) is 5.82 Å². The predicted octanol–water partition coefficient (Wildman–Crippen LogP) is 3.44. The fourth-order valence-corrected chi connectivity index (χ4v) is 2.94. The molecule has 1 aromatic carbocycles. The molecule has 0 bridgehead atoms. The molecular weight excluding hydrogens is 271 g/mol. The summed E-state index contributed by atoms with van der Waals surface area (Å²) in [5, 5.41) is 0. The van der Waals surface area contributed by atoms with E-state index < -0.39 is 0 Å². The minimum absolute atomic E-state index is 0.104. The van der Waals surface area contributed by atoms with Crippen LogP contribution in [-0.2, 0) is 0 Å². The van der Waals surface area contributed by atoms with Crippen LogP contribution in [-0.4, -0.2) is 43.4 Å². The Hall–Kier alpha value is -0.740. The first-order valence-corrected chi connectivity index (χ1v) is 8.27. The van der Waals surface area contributed by atoms with E-state index in [0.717, 1.165) is 37.6 Å². The number of hydrogen-bond acceptors (Lipinski definition) is 3. The number of para-hydroxylation sites is 1. The van der Waals surface area contributed by atoms with Crippen LogP contribution in [0.25, 0.3) is 0 Å². The fraction of sp³-hybridized carbons (Fsp3) is 0.625. The van der Waals surface area contributed by atoms with E-state index in [1.165, 1.54) is 32.2 Å². The van der Waals surface area contributed by atoms with E-state index in [-0.39, 0.29) is 5.82 Å². The Labute approximate surface area is 127 Å². The molecule has 0 N–H and O–H groups in total. The highest BCUT2D eigenvalue weighted by atomic mass is 32.1. The lowest BCUT2D eigenvalue weighted by Crippen LogP contribution is -2.46. The molecule has 112 valence electrons. The maximum absolute atomic E-state index is 13.7. The Kier molecular flexibility index (Phi) is 6.67. The summed E-state index contributed by atoms with van der Waals surface area (Å²) < 4.78 is 13.7. The zero-order chi connectivity index (χ0) is 14.2. The van der Waals surface area contributed by atoms with E-state index in [9.17, 15) is 4.39 Å². The third kappa shape index (κ3) is 4.67. The third-order valence-corrected chi connectivity index (χ3v) is 4.26. The molecule has 0 radical (unpaired) electrons. The number of unbranched alkanes of at least 4 members (excludes halogenated alkanes) is 3. The van der Waals surface area contributed by atoms with Gasteiger partial charge in [0, 0.05) is 26.2 Å². The summed E-state index contributed by atoms with van der Waals surface area (Å²) in [6.07, 6.45) is 5.09. The molecule has 2 rings (SSSR count). The molecule has 1 aliphatic rings. The van der Waals surface area contributed by atoms with Crippen molar-refractivity contribution in [3.63, 3.8) is 0 Å². The SMILES string of the molecule is Fc1ccccc1N1CCN(CCCCCCS)CC1. The van der Waals surface area contributed by atoms with Crippen LogP contribution >= 0.6 is 12.6 Å².